The van der Waals surface area contributed by atoms with Crippen molar-refractivity contribution in [1.82, 2.24) is 0 Å². The van der Waals surface area contributed by atoms with Crippen LogP contribution >= 0.6 is 0 Å². The first kappa shape index (κ1) is 15.9. The number of hydrogen-bond acceptors (Lipinski definition) is 1. The summed E-state index contributed by atoms with van der Waals surface area (Å²) in [6.45, 7) is 0. The molecule has 0 saturated carbocycles. The fraction of sp³-hybridized carbons (Fsp3) is 0.0714. The van der Waals surface area contributed by atoms with Crippen LogP contribution in [-0.2, 0) is 6.18 Å². The van der Waals surface area contributed by atoms with Gasteiger partial charge in [-0.2, -0.15) is 13.2 Å². The van der Waals surface area contributed by atoms with Gasteiger partial charge >= 0.3 is 12.1 Å². The quantitative estimate of drug-likeness (QED) is 0.828. The van der Waals surface area contributed by atoms with Crippen molar-refractivity contribution in [2.75, 3.05) is 0 Å². The zero-order chi connectivity index (χ0) is 16.7. The fourth-order valence-electron chi connectivity index (χ4n) is 1.88. The number of carboxylic acid groups (broad SMARTS) is 1. The molecule has 8 heteroatoms. The van der Waals surface area contributed by atoms with Gasteiger partial charge in [0.1, 0.15) is 17.5 Å². The van der Waals surface area contributed by atoms with Crippen molar-refractivity contribution in [3.05, 3.63) is 58.9 Å². The van der Waals surface area contributed by atoms with Crippen LogP contribution in [0.1, 0.15) is 15.9 Å². The summed E-state index contributed by atoms with van der Waals surface area (Å²) in [5.41, 5.74) is -3.77. The van der Waals surface area contributed by atoms with Crippen molar-refractivity contribution >= 4 is 5.97 Å². The van der Waals surface area contributed by atoms with E-state index in [0.717, 1.165) is 0 Å². The monoisotopic (exact) mass is 320 g/mol. The summed E-state index contributed by atoms with van der Waals surface area (Å²) in [6.07, 6.45) is -4.91. The molecule has 0 aliphatic rings. The first-order valence-corrected chi connectivity index (χ1v) is 5.70. The molecule has 0 spiro atoms. The van der Waals surface area contributed by atoms with Crippen LogP contribution < -0.4 is 0 Å². The molecule has 116 valence electrons. The Kier molecular flexibility index (Phi) is 3.87. The first-order valence-electron chi connectivity index (χ1n) is 5.70. The molecule has 2 nitrogen and oxygen atoms in total. The number of carboxylic acids is 1. The van der Waals surface area contributed by atoms with Crippen LogP contribution in [0.4, 0.5) is 26.3 Å². The summed E-state index contributed by atoms with van der Waals surface area (Å²) in [5, 5.41) is 8.81. The van der Waals surface area contributed by atoms with E-state index in [4.69, 9.17) is 5.11 Å². The van der Waals surface area contributed by atoms with Crippen molar-refractivity contribution in [1.29, 1.82) is 0 Å². The summed E-state index contributed by atoms with van der Waals surface area (Å²) < 4.78 is 78.4. The maximum atomic E-state index is 13.6. The number of halogens is 6. The SMILES string of the molecule is O=C(O)c1cc(-c2c(F)cc(F)cc2F)cc(C(F)(F)F)c1. The van der Waals surface area contributed by atoms with Gasteiger partial charge in [0.05, 0.1) is 16.7 Å². The summed E-state index contributed by atoms with van der Waals surface area (Å²) in [7, 11) is 0. The molecule has 0 amide bonds. The highest BCUT2D eigenvalue weighted by molar-refractivity contribution is 5.90. The molecule has 0 saturated heterocycles. The van der Waals surface area contributed by atoms with Crippen molar-refractivity contribution in [2.24, 2.45) is 0 Å². The molecule has 0 fully saturated rings. The number of alkyl halides is 3. The van der Waals surface area contributed by atoms with Gasteiger partial charge in [0.25, 0.3) is 0 Å². The summed E-state index contributed by atoms with van der Waals surface area (Å²) in [6, 6.07) is 1.99. The Balaban J connectivity index is 2.76. The van der Waals surface area contributed by atoms with E-state index < -0.39 is 51.9 Å². The molecular formula is C14H6F6O2. The van der Waals surface area contributed by atoms with Crippen LogP contribution in [-0.4, -0.2) is 11.1 Å². The van der Waals surface area contributed by atoms with Crippen LogP contribution in [0.3, 0.4) is 0 Å². The van der Waals surface area contributed by atoms with Gasteiger partial charge in [0, 0.05) is 12.1 Å². The fourth-order valence-corrected chi connectivity index (χ4v) is 1.88. The van der Waals surface area contributed by atoms with Crippen molar-refractivity contribution < 1.29 is 36.2 Å². The highest BCUT2D eigenvalue weighted by Crippen LogP contribution is 2.35. The number of hydrogen-bond donors (Lipinski definition) is 1. The van der Waals surface area contributed by atoms with E-state index in [9.17, 15) is 31.1 Å². The molecule has 0 unspecified atom stereocenters. The number of aromatic carboxylic acids is 1. The van der Waals surface area contributed by atoms with E-state index in [2.05, 4.69) is 0 Å². The zero-order valence-electron chi connectivity index (χ0n) is 10.5. The van der Waals surface area contributed by atoms with Crippen molar-refractivity contribution in [3.63, 3.8) is 0 Å². The third-order valence-corrected chi connectivity index (χ3v) is 2.80. The van der Waals surface area contributed by atoms with Crippen LogP contribution in [0.5, 0.6) is 0 Å². The summed E-state index contributed by atoms with van der Waals surface area (Å²) >= 11 is 0. The second-order valence-electron chi connectivity index (χ2n) is 4.35. The summed E-state index contributed by atoms with van der Waals surface area (Å²) in [4.78, 5) is 10.9. The normalized spacial score (nSPS) is 11.5. The van der Waals surface area contributed by atoms with E-state index in [1.807, 2.05) is 0 Å². The van der Waals surface area contributed by atoms with Gasteiger partial charge in [-0.3, -0.25) is 0 Å². The maximum Gasteiger partial charge on any atom is 0.416 e. The van der Waals surface area contributed by atoms with E-state index in [1.54, 1.807) is 0 Å². The minimum Gasteiger partial charge on any atom is -0.478 e. The standard InChI is InChI=1S/C14H6F6O2/c15-9-4-10(16)12(11(17)5-9)6-1-7(13(21)22)3-8(2-6)14(18,19)20/h1-5H,(H,21,22). The summed E-state index contributed by atoms with van der Waals surface area (Å²) in [5.74, 6) is -5.82. The third-order valence-electron chi connectivity index (χ3n) is 2.80. The molecule has 0 heterocycles. The van der Waals surface area contributed by atoms with Crippen LogP contribution in [0.2, 0.25) is 0 Å². The van der Waals surface area contributed by atoms with Gasteiger partial charge < -0.3 is 5.11 Å². The first-order chi connectivity index (χ1) is 10.1. The molecule has 22 heavy (non-hydrogen) atoms. The smallest absolute Gasteiger partial charge is 0.416 e. The van der Waals surface area contributed by atoms with Gasteiger partial charge in [-0.1, -0.05) is 0 Å². The minimum atomic E-state index is -4.91. The van der Waals surface area contributed by atoms with Gasteiger partial charge in [-0.05, 0) is 23.8 Å². The van der Waals surface area contributed by atoms with Crippen molar-refractivity contribution in [3.8, 4) is 11.1 Å². The molecule has 0 radical (unpaired) electrons. The molecule has 1 N–H and O–H groups in total. The molecule has 0 atom stereocenters. The van der Waals surface area contributed by atoms with E-state index >= 15 is 0 Å². The molecule has 0 aliphatic heterocycles. The predicted molar refractivity (Wildman–Crippen MR) is 63.7 cm³/mol. The van der Waals surface area contributed by atoms with Gasteiger partial charge in [0.15, 0.2) is 0 Å². The lowest BCUT2D eigenvalue weighted by atomic mass is 9.98. The van der Waals surface area contributed by atoms with Gasteiger partial charge in [0.2, 0.25) is 0 Å². The van der Waals surface area contributed by atoms with Crippen LogP contribution in [0, 0.1) is 17.5 Å². The van der Waals surface area contributed by atoms with Crippen LogP contribution in [0.25, 0.3) is 11.1 Å². The Morgan fingerprint density at radius 2 is 1.45 bits per heavy atom. The maximum absolute atomic E-state index is 13.6. The second-order valence-corrected chi connectivity index (χ2v) is 4.35. The Morgan fingerprint density at radius 3 is 1.91 bits per heavy atom. The Bertz CT molecular complexity index is 728. The largest absolute Gasteiger partial charge is 0.478 e. The lowest BCUT2D eigenvalue weighted by Gasteiger charge is -2.12. The van der Waals surface area contributed by atoms with Gasteiger partial charge in [-0.15, -0.1) is 0 Å². The Hall–Kier alpha value is -2.51. The minimum absolute atomic E-state index is 0.291. The average molecular weight is 320 g/mol. The van der Waals surface area contributed by atoms with Crippen molar-refractivity contribution in [2.45, 2.75) is 6.18 Å². The van der Waals surface area contributed by atoms with E-state index in [1.165, 1.54) is 0 Å². The lowest BCUT2D eigenvalue weighted by Crippen LogP contribution is -2.08. The third kappa shape index (κ3) is 3.05. The highest BCUT2D eigenvalue weighted by atomic mass is 19.4. The van der Waals surface area contributed by atoms with E-state index in [-0.39, 0.29) is 0 Å². The molecule has 2 aromatic rings. The average Bonchev–Trinajstić information content (AvgIpc) is 2.36. The lowest BCUT2D eigenvalue weighted by molar-refractivity contribution is -0.137. The predicted octanol–water partition coefficient (Wildman–Crippen LogP) is 4.49. The topological polar surface area (TPSA) is 37.3 Å². The molecular weight excluding hydrogens is 314 g/mol. The number of benzene rings is 2. The molecule has 2 aromatic carbocycles. The van der Waals surface area contributed by atoms with Crippen LogP contribution in [0.15, 0.2) is 30.3 Å². The molecule has 2 rings (SSSR count). The zero-order valence-corrected chi connectivity index (χ0v) is 10.5. The molecule has 0 bridgehead atoms. The number of carbonyl (C=O) groups is 1. The van der Waals surface area contributed by atoms with Gasteiger partial charge in [-0.25, -0.2) is 18.0 Å². The Labute approximate surface area is 119 Å². The Morgan fingerprint density at radius 1 is 0.909 bits per heavy atom. The van der Waals surface area contributed by atoms with E-state index in [0.29, 0.717) is 30.3 Å². The molecule has 0 aliphatic carbocycles. The molecule has 0 aromatic heterocycles. The number of rotatable bonds is 2. The highest BCUT2D eigenvalue weighted by Gasteiger charge is 2.32. The second kappa shape index (κ2) is 5.36.